The summed E-state index contributed by atoms with van der Waals surface area (Å²) < 4.78 is 5.97. The number of nitrogens with zero attached hydrogens (tertiary/aromatic N) is 2. The molecule has 4 heteroatoms. The fourth-order valence-electron chi connectivity index (χ4n) is 3.61. The van der Waals surface area contributed by atoms with Crippen LogP contribution in [0.3, 0.4) is 0 Å². The Labute approximate surface area is 126 Å². The minimum absolute atomic E-state index is 0.378. The average molecular weight is 295 g/mol. The average Bonchev–Trinajstić information content (AvgIpc) is 2.46. The van der Waals surface area contributed by atoms with E-state index in [-0.39, 0.29) is 0 Å². The molecule has 0 radical (unpaired) electrons. The minimum Gasteiger partial charge on any atom is -0.374 e. The van der Waals surface area contributed by atoms with E-state index in [1.165, 1.54) is 36.8 Å². The third-order valence-corrected chi connectivity index (χ3v) is 4.86. The zero-order valence-corrected chi connectivity index (χ0v) is 13.1. The zero-order valence-electron chi connectivity index (χ0n) is 12.4. The first kappa shape index (κ1) is 14.2. The van der Waals surface area contributed by atoms with Crippen molar-refractivity contribution in [3.63, 3.8) is 0 Å². The van der Waals surface area contributed by atoms with E-state index in [2.05, 4.69) is 24.8 Å². The molecule has 3 nitrogen and oxygen atoms in total. The van der Waals surface area contributed by atoms with E-state index in [1.807, 2.05) is 0 Å². The number of aryl methyl sites for hydroxylation is 2. The SMILES string of the molecule is Cc1cc(C)c(CCl)c(N2CCOC3CCCCC32)n1. The number of morpholine rings is 1. The van der Waals surface area contributed by atoms with Gasteiger partial charge in [-0.1, -0.05) is 12.8 Å². The van der Waals surface area contributed by atoms with Crippen LogP contribution in [0.25, 0.3) is 0 Å². The molecular formula is C16H23ClN2O. The van der Waals surface area contributed by atoms with Gasteiger partial charge in [0.15, 0.2) is 0 Å². The number of ether oxygens (including phenoxy) is 1. The van der Waals surface area contributed by atoms with Crippen LogP contribution in [0.4, 0.5) is 5.82 Å². The lowest BCUT2D eigenvalue weighted by molar-refractivity contribution is -0.00905. The molecule has 20 heavy (non-hydrogen) atoms. The Kier molecular flexibility index (Phi) is 4.18. The molecule has 3 rings (SSSR count). The molecule has 0 bridgehead atoms. The molecule has 2 fully saturated rings. The van der Waals surface area contributed by atoms with Crippen LogP contribution < -0.4 is 4.90 Å². The lowest BCUT2D eigenvalue weighted by Gasteiger charge is -2.45. The monoisotopic (exact) mass is 294 g/mol. The summed E-state index contributed by atoms with van der Waals surface area (Å²) in [6.07, 6.45) is 5.35. The van der Waals surface area contributed by atoms with Crippen molar-refractivity contribution in [2.75, 3.05) is 18.1 Å². The van der Waals surface area contributed by atoms with Crippen molar-refractivity contribution in [1.29, 1.82) is 0 Å². The van der Waals surface area contributed by atoms with Crippen LogP contribution in [0.2, 0.25) is 0 Å². The highest BCUT2D eigenvalue weighted by atomic mass is 35.5. The van der Waals surface area contributed by atoms with Crippen molar-refractivity contribution in [2.45, 2.75) is 57.6 Å². The number of pyridine rings is 1. The maximum absolute atomic E-state index is 6.19. The molecule has 110 valence electrons. The van der Waals surface area contributed by atoms with E-state index >= 15 is 0 Å². The van der Waals surface area contributed by atoms with Crippen molar-refractivity contribution in [1.82, 2.24) is 4.98 Å². The van der Waals surface area contributed by atoms with Gasteiger partial charge in [0, 0.05) is 17.8 Å². The van der Waals surface area contributed by atoms with Crippen LogP contribution in [0, 0.1) is 13.8 Å². The molecule has 2 heterocycles. The van der Waals surface area contributed by atoms with Crippen LogP contribution in [-0.4, -0.2) is 30.3 Å². The van der Waals surface area contributed by atoms with Crippen LogP contribution >= 0.6 is 11.6 Å². The molecule has 1 aromatic heterocycles. The molecule has 0 aromatic carbocycles. The molecule has 0 spiro atoms. The molecule has 0 amide bonds. The van der Waals surface area contributed by atoms with Crippen LogP contribution in [0.1, 0.15) is 42.5 Å². The highest BCUT2D eigenvalue weighted by Gasteiger charge is 2.35. The first-order valence-electron chi connectivity index (χ1n) is 7.62. The maximum atomic E-state index is 6.19. The summed E-state index contributed by atoms with van der Waals surface area (Å²) in [4.78, 5) is 7.27. The number of halogens is 1. The van der Waals surface area contributed by atoms with Gasteiger partial charge in [-0.15, -0.1) is 11.6 Å². The Morgan fingerprint density at radius 1 is 1.35 bits per heavy atom. The lowest BCUT2D eigenvalue weighted by Crippen LogP contribution is -2.53. The number of hydrogen-bond acceptors (Lipinski definition) is 3. The van der Waals surface area contributed by atoms with Gasteiger partial charge in [-0.05, 0) is 38.3 Å². The summed E-state index contributed by atoms with van der Waals surface area (Å²) in [5.41, 5.74) is 3.51. The van der Waals surface area contributed by atoms with Crippen molar-refractivity contribution in [2.24, 2.45) is 0 Å². The number of alkyl halides is 1. The largest absolute Gasteiger partial charge is 0.374 e. The number of rotatable bonds is 2. The van der Waals surface area contributed by atoms with Crippen molar-refractivity contribution in [3.8, 4) is 0 Å². The Bertz CT molecular complexity index is 490. The van der Waals surface area contributed by atoms with Gasteiger partial charge in [0.25, 0.3) is 0 Å². The number of anilines is 1. The normalized spacial score (nSPS) is 26.4. The van der Waals surface area contributed by atoms with E-state index < -0.39 is 0 Å². The molecule has 1 aromatic rings. The summed E-state index contributed by atoms with van der Waals surface area (Å²) in [7, 11) is 0. The highest BCUT2D eigenvalue weighted by Crippen LogP contribution is 2.34. The van der Waals surface area contributed by atoms with Crippen molar-refractivity contribution in [3.05, 3.63) is 22.9 Å². The van der Waals surface area contributed by atoms with Crippen molar-refractivity contribution >= 4 is 17.4 Å². The van der Waals surface area contributed by atoms with E-state index in [1.54, 1.807) is 0 Å². The lowest BCUT2D eigenvalue weighted by atomic mass is 9.90. The predicted molar refractivity (Wildman–Crippen MR) is 82.6 cm³/mol. The fraction of sp³-hybridized carbons (Fsp3) is 0.688. The number of aromatic nitrogens is 1. The smallest absolute Gasteiger partial charge is 0.133 e. The fourth-order valence-corrected chi connectivity index (χ4v) is 3.94. The summed E-state index contributed by atoms with van der Waals surface area (Å²) >= 11 is 6.19. The van der Waals surface area contributed by atoms with Gasteiger partial charge in [-0.2, -0.15) is 0 Å². The molecule has 1 saturated heterocycles. The van der Waals surface area contributed by atoms with Gasteiger partial charge in [0.05, 0.1) is 24.6 Å². The Balaban J connectivity index is 1.98. The zero-order chi connectivity index (χ0) is 14.1. The molecular weight excluding hydrogens is 272 g/mol. The first-order chi connectivity index (χ1) is 9.70. The molecule has 2 atom stereocenters. The maximum Gasteiger partial charge on any atom is 0.133 e. The Morgan fingerprint density at radius 2 is 2.15 bits per heavy atom. The van der Waals surface area contributed by atoms with E-state index in [4.69, 9.17) is 21.3 Å². The summed E-state index contributed by atoms with van der Waals surface area (Å²) in [6, 6.07) is 2.60. The second-order valence-corrected chi connectivity index (χ2v) is 6.24. The van der Waals surface area contributed by atoms with Crippen LogP contribution in [0.15, 0.2) is 6.07 Å². The van der Waals surface area contributed by atoms with Gasteiger partial charge in [0.1, 0.15) is 5.82 Å². The Hall–Kier alpha value is -0.800. The van der Waals surface area contributed by atoms with E-state index in [0.29, 0.717) is 18.0 Å². The third kappa shape index (κ3) is 2.53. The van der Waals surface area contributed by atoms with Crippen LogP contribution in [-0.2, 0) is 10.6 Å². The van der Waals surface area contributed by atoms with Gasteiger partial charge in [-0.3, -0.25) is 0 Å². The number of hydrogen-bond donors (Lipinski definition) is 0. The van der Waals surface area contributed by atoms with E-state index in [0.717, 1.165) is 24.7 Å². The summed E-state index contributed by atoms with van der Waals surface area (Å²) in [6.45, 7) is 5.93. The molecule has 1 aliphatic carbocycles. The topological polar surface area (TPSA) is 25.4 Å². The highest BCUT2D eigenvalue weighted by molar-refractivity contribution is 6.17. The quantitative estimate of drug-likeness (QED) is 0.780. The molecule has 2 unspecified atom stereocenters. The standard InChI is InChI=1S/C16H23ClN2O/c1-11-9-12(2)18-16(13(11)10-17)19-7-8-20-15-6-4-3-5-14(15)19/h9,14-15H,3-8,10H2,1-2H3. The van der Waals surface area contributed by atoms with Gasteiger partial charge >= 0.3 is 0 Å². The van der Waals surface area contributed by atoms with Crippen molar-refractivity contribution < 1.29 is 4.74 Å². The number of fused-ring (bicyclic) bond motifs is 1. The summed E-state index contributed by atoms with van der Waals surface area (Å²) in [5, 5.41) is 0. The molecule has 1 saturated carbocycles. The predicted octanol–water partition coefficient (Wildman–Crippen LogP) is 3.59. The third-order valence-electron chi connectivity index (χ3n) is 4.59. The van der Waals surface area contributed by atoms with E-state index in [9.17, 15) is 0 Å². The molecule has 2 aliphatic rings. The second kappa shape index (κ2) is 5.90. The second-order valence-electron chi connectivity index (χ2n) is 5.97. The van der Waals surface area contributed by atoms with Gasteiger partial charge < -0.3 is 9.64 Å². The minimum atomic E-state index is 0.378. The Morgan fingerprint density at radius 3 is 2.95 bits per heavy atom. The first-order valence-corrected chi connectivity index (χ1v) is 8.15. The van der Waals surface area contributed by atoms with Gasteiger partial charge in [0.2, 0.25) is 0 Å². The summed E-state index contributed by atoms with van der Waals surface area (Å²) in [5.74, 6) is 1.63. The van der Waals surface area contributed by atoms with Crippen LogP contribution in [0.5, 0.6) is 0 Å². The van der Waals surface area contributed by atoms with Gasteiger partial charge in [-0.25, -0.2) is 4.98 Å². The molecule has 0 N–H and O–H groups in total. The molecule has 1 aliphatic heterocycles.